The molecule has 0 unspecified atom stereocenters. The van der Waals surface area contributed by atoms with E-state index >= 15 is 0 Å². The molecule has 0 spiro atoms. The number of allylic oxidation sites excluding steroid dienone is 1. The summed E-state index contributed by atoms with van der Waals surface area (Å²) in [5.74, 6) is 0.423. The van der Waals surface area contributed by atoms with Crippen molar-refractivity contribution in [2.45, 2.75) is 32.8 Å². The Balaban J connectivity index is 2.35. The van der Waals surface area contributed by atoms with Crippen LogP contribution in [0.5, 0.6) is 5.88 Å². The van der Waals surface area contributed by atoms with Crippen LogP contribution in [-0.4, -0.2) is 38.0 Å². The van der Waals surface area contributed by atoms with Crippen LogP contribution in [0, 0.1) is 0 Å². The fourth-order valence-corrected chi connectivity index (χ4v) is 1.74. The number of rotatable bonds is 6. The molecule has 2 rings (SSSR count). The number of aromatic amines is 1. The highest BCUT2D eigenvalue weighted by Gasteiger charge is 2.17. The number of aliphatic hydroxyl groups is 1. The maximum atomic E-state index is 11.4. The van der Waals surface area contributed by atoms with Gasteiger partial charge in [0, 0.05) is 18.2 Å². The molecule has 112 valence electrons. The highest BCUT2D eigenvalue weighted by atomic mass is 16.5. The van der Waals surface area contributed by atoms with Gasteiger partial charge in [-0.05, 0) is 26.0 Å². The SMILES string of the molecule is CCC(=O)/C=C/c1c[nH]c2ncnc(OCC(C)(C)O)c12. The Hall–Kier alpha value is -2.21. The lowest BCUT2D eigenvalue weighted by Gasteiger charge is -2.17. The summed E-state index contributed by atoms with van der Waals surface area (Å²) in [4.78, 5) is 22.6. The van der Waals surface area contributed by atoms with E-state index in [-0.39, 0.29) is 12.4 Å². The molecule has 6 nitrogen and oxygen atoms in total. The van der Waals surface area contributed by atoms with Crippen molar-refractivity contribution in [3.05, 3.63) is 24.2 Å². The zero-order chi connectivity index (χ0) is 15.5. The number of nitrogens with zero attached hydrogens (tertiary/aromatic N) is 2. The Labute approximate surface area is 122 Å². The van der Waals surface area contributed by atoms with E-state index in [4.69, 9.17) is 4.74 Å². The third-order valence-corrected chi connectivity index (χ3v) is 2.82. The number of fused-ring (bicyclic) bond motifs is 1. The minimum atomic E-state index is -0.957. The van der Waals surface area contributed by atoms with Crippen LogP contribution in [0.15, 0.2) is 18.6 Å². The van der Waals surface area contributed by atoms with Crippen molar-refractivity contribution in [2.24, 2.45) is 0 Å². The van der Waals surface area contributed by atoms with Gasteiger partial charge in [-0.3, -0.25) is 4.79 Å². The van der Waals surface area contributed by atoms with Crippen LogP contribution in [0.1, 0.15) is 32.8 Å². The van der Waals surface area contributed by atoms with E-state index < -0.39 is 5.60 Å². The highest BCUT2D eigenvalue weighted by molar-refractivity contribution is 5.97. The third kappa shape index (κ3) is 3.88. The Bertz CT molecular complexity index is 668. The number of H-pyrrole nitrogens is 1. The molecule has 6 heteroatoms. The summed E-state index contributed by atoms with van der Waals surface area (Å²) in [6, 6.07) is 0. The topological polar surface area (TPSA) is 88.1 Å². The Morgan fingerprint density at radius 1 is 1.48 bits per heavy atom. The van der Waals surface area contributed by atoms with Gasteiger partial charge in [-0.25, -0.2) is 9.97 Å². The molecule has 2 aromatic heterocycles. The second kappa shape index (κ2) is 6.05. The van der Waals surface area contributed by atoms with Gasteiger partial charge in [0.25, 0.3) is 0 Å². The number of carbonyl (C=O) groups is 1. The molecule has 0 atom stereocenters. The zero-order valence-electron chi connectivity index (χ0n) is 12.4. The number of ketones is 1. The molecule has 21 heavy (non-hydrogen) atoms. The first-order valence-electron chi connectivity index (χ1n) is 6.79. The Morgan fingerprint density at radius 2 is 2.24 bits per heavy atom. The van der Waals surface area contributed by atoms with Gasteiger partial charge in [-0.2, -0.15) is 0 Å². The predicted molar refractivity (Wildman–Crippen MR) is 80.0 cm³/mol. The zero-order valence-corrected chi connectivity index (χ0v) is 12.4. The van der Waals surface area contributed by atoms with Crippen molar-refractivity contribution >= 4 is 22.9 Å². The lowest BCUT2D eigenvalue weighted by molar-refractivity contribution is -0.114. The summed E-state index contributed by atoms with van der Waals surface area (Å²) in [7, 11) is 0. The van der Waals surface area contributed by atoms with Crippen molar-refractivity contribution in [1.82, 2.24) is 15.0 Å². The van der Waals surface area contributed by atoms with Crippen molar-refractivity contribution in [1.29, 1.82) is 0 Å². The van der Waals surface area contributed by atoms with Gasteiger partial charge in [0.15, 0.2) is 5.78 Å². The second-order valence-corrected chi connectivity index (χ2v) is 5.40. The van der Waals surface area contributed by atoms with Gasteiger partial charge in [0.2, 0.25) is 5.88 Å². The standard InChI is InChI=1S/C15H19N3O3/c1-4-11(19)6-5-10-7-16-13-12(10)14(18-9-17-13)21-8-15(2,3)20/h5-7,9,20H,4,8H2,1-3H3,(H,16,17,18)/b6-5+. The lowest BCUT2D eigenvalue weighted by Crippen LogP contribution is -2.28. The van der Waals surface area contributed by atoms with Gasteiger partial charge in [0.1, 0.15) is 18.6 Å². The molecule has 0 amide bonds. The summed E-state index contributed by atoms with van der Waals surface area (Å²) in [5, 5.41) is 10.4. The van der Waals surface area contributed by atoms with Gasteiger partial charge in [0.05, 0.1) is 11.0 Å². The van der Waals surface area contributed by atoms with Crippen LogP contribution in [0.3, 0.4) is 0 Å². The predicted octanol–water partition coefficient (Wildman–Crippen LogP) is 2.10. The average molecular weight is 289 g/mol. The number of hydrogen-bond donors (Lipinski definition) is 2. The van der Waals surface area contributed by atoms with Gasteiger partial charge in [-0.1, -0.05) is 6.92 Å². The number of hydrogen-bond acceptors (Lipinski definition) is 5. The first kappa shape index (κ1) is 15.2. The average Bonchev–Trinajstić information content (AvgIpc) is 2.85. The molecule has 2 N–H and O–H groups in total. The van der Waals surface area contributed by atoms with E-state index in [1.165, 1.54) is 12.4 Å². The molecular formula is C15H19N3O3. The molecule has 2 aromatic rings. The Morgan fingerprint density at radius 3 is 2.90 bits per heavy atom. The summed E-state index contributed by atoms with van der Waals surface area (Å²) in [5.41, 5.74) is 0.444. The largest absolute Gasteiger partial charge is 0.474 e. The molecule has 0 aromatic carbocycles. The molecule has 0 aliphatic carbocycles. The molecule has 0 saturated heterocycles. The monoisotopic (exact) mass is 289 g/mol. The van der Waals surface area contributed by atoms with Crippen molar-refractivity contribution in [2.75, 3.05) is 6.61 Å². The summed E-state index contributed by atoms with van der Waals surface area (Å²) in [6.45, 7) is 5.23. The van der Waals surface area contributed by atoms with E-state index in [1.807, 2.05) is 6.92 Å². The van der Waals surface area contributed by atoms with E-state index in [0.717, 1.165) is 5.56 Å². The molecular weight excluding hydrogens is 270 g/mol. The van der Waals surface area contributed by atoms with E-state index in [9.17, 15) is 9.90 Å². The number of aromatic nitrogens is 3. The summed E-state index contributed by atoms with van der Waals surface area (Å²) in [6.07, 6.45) is 6.83. The molecule has 0 bridgehead atoms. The van der Waals surface area contributed by atoms with Crippen LogP contribution < -0.4 is 4.74 Å². The molecule has 0 aliphatic rings. The van der Waals surface area contributed by atoms with Crippen LogP contribution in [0.4, 0.5) is 0 Å². The van der Waals surface area contributed by atoms with Gasteiger partial charge < -0.3 is 14.8 Å². The summed E-state index contributed by atoms with van der Waals surface area (Å²) < 4.78 is 5.58. The molecule has 0 radical (unpaired) electrons. The third-order valence-electron chi connectivity index (χ3n) is 2.82. The normalized spacial score (nSPS) is 12.2. The maximum absolute atomic E-state index is 11.4. The number of carbonyl (C=O) groups excluding carboxylic acids is 1. The van der Waals surface area contributed by atoms with Crippen molar-refractivity contribution < 1.29 is 14.6 Å². The molecule has 0 aliphatic heterocycles. The smallest absolute Gasteiger partial charge is 0.226 e. The number of nitrogens with one attached hydrogen (secondary N) is 1. The minimum Gasteiger partial charge on any atom is -0.474 e. The van der Waals surface area contributed by atoms with E-state index in [2.05, 4.69) is 15.0 Å². The van der Waals surface area contributed by atoms with Crippen LogP contribution in [-0.2, 0) is 4.79 Å². The fourth-order valence-electron chi connectivity index (χ4n) is 1.74. The van der Waals surface area contributed by atoms with E-state index in [0.29, 0.717) is 23.3 Å². The molecule has 2 heterocycles. The van der Waals surface area contributed by atoms with Crippen LogP contribution in [0.25, 0.3) is 17.1 Å². The van der Waals surface area contributed by atoms with Gasteiger partial charge in [-0.15, -0.1) is 0 Å². The Kier molecular flexibility index (Phi) is 4.37. The molecule has 0 fully saturated rings. The van der Waals surface area contributed by atoms with Crippen LogP contribution >= 0.6 is 0 Å². The highest BCUT2D eigenvalue weighted by Crippen LogP contribution is 2.26. The lowest BCUT2D eigenvalue weighted by atomic mass is 10.1. The van der Waals surface area contributed by atoms with Crippen molar-refractivity contribution in [3.8, 4) is 5.88 Å². The van der Waals surface area contributed by atoms with Crippen LogP contribution in [0.2, 0.25) is 0 Å². The van der Waals surface area contributed by atoms with Gasteiger partial charge >= 0.3 is 0 Å². The minimum absolute atomic E-state index is 0.0418. The van der Waals surface area contributed by atoms with E-state index in [1.54, 1.807) is 26.1 Å². The quantitative estimate of drug-likeness (QED) is 0.795. The summed E-state index contributed by atoms with van der Waals surface area (Å²) >= 11 is 0. The fraction of sp³-hybridized carbons (Fsp3) is 0.400. The first-order chi connectivity index (χ1) is 9.90. The second-order valence-electron chi connectivity index (χ2n) is 5.40. The molecule has 0 saturated carbocycles. The van der Waals surface area contributed by atoms with Crippen molar-refractivity contribution in [3.63, 3.8) is 0 Å². The first-order valence-corrected chi connectivity index (χ1v) is 6.79. The maximum Gasteiger partial charge on any atom is 0.226 e. The number of ether oxygens (including phenoxy) is 1.